The Morgan fingerprint density at radius 1 is 1.40 bits per heavy atom. The molecule has 1 aromatic carbocycles. The fraction of sp³-hybridized carbons (Fsp3) is 0.429. The van der Waals surface area contributed by atoms with Gasteiger partial charge in [0, 0.05) is 12.2 Å². The first-order valence-corrected chi connectivity index (χ1v) is 6.69. The third-order valence-corrected chi connectivity index (χ3v) is 2.67. The van der Waals surface area contributed by atoms with Gasteiger partial charge in [-0.3, -0.25) is 5.41 Å². The minimum atomic E-state index is -0.397. The SMILES string of the molecule is CCOC(=O)[C@H](CCCNC(=N)N)Nc1ccccc1. The van der Waals surface area contributed by atoms with Crippen LogP contribution in [0, 0.1) is 5.41 Å². The molecule has 6 nitrogen and oxygen atoms in total. The van der Waals surface area contributed by atoms with Crippen LogP contribution in [0.15, 0.2) is 30.3 Å². The van der Waals surface area contributed by atoms with Crippen molar-refractivity contribution in [1.82, 2.24) is 5.32 Å². The maximum atomic E-state index is 11.9. The summed E-state index contributed by atoms with van der Waals surface area (Å²) in [6.07, 6.45) is 1.32. The lowest BCUT2D eigenvalue weighted by Gasteiger charge is -2.18. The molecule has 0 aliphatic heterocycles. The fourth-order valence-corrected chi connectivity index (χ4v) is 1.76. The van der Waals surface area contributed by atoms with E-state index in [0.29, 0.717) is 26.0 Å². The van der Waals surface area contributed by atoms with Gasteiger partial charge in [0.25, 0.3) is 0 Å². The van der Waals surface area contributed by atoms with E-state index in [-0.39, 0.29) is 11.9 Å². The Bertz CT molecular complexity index is 422. The van der Waals surface area contributed by atoms with Gasteiger partial charge in [0.15, 0.2) is 5.96 Å². The zero-order valence-electron chi connectivity index (χ0n) is 11.7. The van der Waals surface area contributed by atoms with Gasteiger partial charge in [0.1, 0.15) is 6.04 Å². The summed E-state index contributed by atoms with van der Waals surface area (Å²) in [6.45, 7) is 2.70. The van der Waals surface area contributed by atoms with Gasteiger partial charge in [0.2, 0.25) is 0 Å². The molecular weight excluding hydrogens is 256 g/mol. The second-order valence-corrected chi connectivity index (χ2v) is 4.30. The summed E-state index contributed by atoms with van der Waals surface area (Å²) in [5, 5.41) is 13.0. The van der Waals surface area contributed by atoms with E-state index < -0.39 is 6.04 Å². The molecule has 1 atom stereocenters. The summed E-state index contributed by atoms with van der Waals surface area (Å²) in [4.78, 5) is 11.9. The number of hydrogen-bond acceptors (Lipinski definition) is 4. The summed E-state index contributed by atoms with van der Waals surface area (Å²) < 4.78 is 5.07. The molecule has 0 aromatic heterocycles. The van der Waals surface area contributed by atoms with Crippen LogP contribution in [0.5, 0.6) is 0 Å². The van der Waals surface area contributed by atoms with Crippen molar-refractivity contribution in [2.24, 2.45) is 5.73 Å². The van der Waals surface area contributed by atoms with Gasteiger partial charge in [-0.25, -0.2) is 4.79 Å². The average molecular weight is 278 g/mol. The van der Waals surface area contributed by atoms with Gasteiger partial charge < -0.3 is 21.1 Å². The van der Waals surface area contributed by atoms with Crippen molar-refractivity contribution in [3.05, 3.63) is 30.3 Å². The van der Waals surface area contributed by atoms with Crippen LogP contribution in [-0.4, -0.2) is 31.1 Å². The van der Waals surface area contributed by atoms with E-state index in [9.17, 15) is 4.79 Å². The van der Waals surface area contributed by atoms with Crippen molar-refractivity contribution >= 4 is 17.6 Å². The largest absolute Gasteiger partial charge is 0.464 e. The first-order chi connectivity index (χ1) is 9.63. The molecule has 0 bridgehead atoms. The van der Waals surface area contributed by atoms with Crippen molar-refractivity contribution in [2.45, 2.75) is 25.8 Å². The first kappa shape index (κ1) is 15.8. The Morgan fingerprint density at radius 3 is 2.70 bits per heavy atom. The van der Waals surface area contributed by atoms with Crippen molar-refractivity contribution in [1.29, 1.82) is 5.41 Å². The predicted octanol–water partition coefficient (Wildman–Crippen LogP) is 1.29. The Morgan fingerprint density at radius 2 is 2.10 bits per heavy atom. The molecule has 0 aliphatic rings. The molecule has 110 valence electrons. The number of anilines is 1. The van der Waals surface area contributed by atoms with Gasteiger partial charge in [-0.2, -0.15) is 0 Å². The number of esters is 1. The molecule has 20 heavy (non-hydrogen) atoms. The molecule has 0 unspecified atom stereocenters. The van der Waals surface area contributed by atoms with Crippen LogP contribution in [0.4, 0.5) is 5.69 Å². The number of benzene rings is 1. The lowest BCUT2D eigenvalue weighted by atomic mass is 10.1. The van der Waals surface area contributed by atoms with Crippen molar-refractivity contribution in [3.63, 3.8) is 0 Å². The van der Waals surface area contributed by atoms with Crippen LogP contribution in [0.2, 0.25) is 0 Å². The van der Waals surface area contributed by atoms with Crippen LogP contribution < -0.4 is 16.4 Å². The molecule has 6 heteroatoms. The Balaban J connectivity index is 2.51. The predicted molar refractivity (Wildman–Crippen MR) is 79.6 cm³/mol. The van der Waals surface area contributed by atoms with Crippen LogP contribution in [-0.2, 0) is 9.53 Å². The third kappa shape index (κ3) is 6.08. The number of ether oxygens (including phenoxy) is 1. The molecule has 1 aromatic rings. The molecule has 0 heterocycles. The molecule has 0 radical (unpaired) electrons. The Hall–Kier alpha value is -2.24. The van der Waals surface area contributed by atoms with Crippen LogP contribution in [0.1, 0.15) is 19.8 Å². The second-order valence-electron chi connectivity index (χ2n) is 4.30. The maximum Gasteiger partial charge on any atom is 0.328 e. The number of nitrogens with one attached hydrogen (secondary N) is 3. The number of hydrogen-bond donors (Lipinski definition) is 4. The van der Waals surface area contributed by atoms with Crippen LogP contribution in [0.3, 0.4) is 0 Å². The molecule has 0 fully saturated rings. The summed E-state index contributed by atoms with van der Waals surface area (Å²) in [5.74, 6) is -0.326. The molecule has 0 aliphatic carbocycles. The highest BCUT2D eigenvalue weighted by Gasteiger charge is 2.18. The van der Waals surface area contributed by atoms with E-state index in [1.165, 1.54) is 0 Å². The highest BCUT2D eigenvalue weighted by Crippen LogP contribution is 2.11. The van der Waals surface area contributed by atoms with Gasteiger partial charge in [-0.1, -0.05) is 18.2 Å². The van der Waals surface area contributed by atoms with Crippen LogP contribution in [0.25, 0.3) is 0 Å². The van der Waals surface area contributed by atoms with E-state index >= 15 is 0 Å². The zero-order chi connectivity index (χ0) is 14.8. The minimum absolute atomic E-state index is 0.0614. The number of nitrogens with two attached hydrogens (primary N) is 1. The van der Waals surface area contributed by atoms with Gasteiger partial charge in [-0.05, 0) is 31.9 Å². The molecular formula is C14H22N4O2. The normalized spacial score (nSPS) is 11.4. The number of carbonyl (C=O) groups is 1. The molecule has 1 rings (SSSR count). The average Bonchev–Trinajstić information content (AvgIpc) is 2.43. The first-order valence-electron chi connectivity index (χ1n) is 6.69. The highest BCUT2D eigenvalue weighted by molar-refractivity contribution is 5.79. The van der Waals surface area contributed by atoms with E-state index in [1.807, 2.05) is 30.3 Å². The molecule has 0 saturated carbocycles. The van der Waals surface area contributed by atoms with Gasteiger partial charge >= 0.3 is 5.97 Å². The summed E-state index contributed by atoms with van der Waals surface area (Å²) in [5.41, 5.74) is 6.09. The monoisotopic (exact) mass is 278 g/mol. The van der Waals surface area contributed by atoms with Crippen molar-refractivity contribution in [3.8, 4) is 0 Å². The minimum Gasteiger partial charge on any atom is -0.464 e. The van der Waals surface area contributed by atoms with Crippen molar-refractivity contribution in [2.75, 3.05) is 18.5 Å². The summed E-state index contributed by atoms with van der Waals surface area (Å²) in [7, 11) is 0. The lowest BCUT2D eigenvalue weighted by molar-refractivity contribution is -0.144. The topological polar surface area (TPSA) is 100 Å². The Kier molecular flexibility index (Phi) is 6.95. The summed E-state index contributed by atoms with van der Waals surface area (Å²) in [6, 6.07) is 9.14. The molecule has 0 saturated heterocycles. The maximum absolute atomic E-state index is 11.9. The zero-order valence-corrected chi connectivity index (χ0v) is 11.7. The lowest BCUT2D eigenvalue weighted by Crippen LogP contribution is -2.34. The Labute approximate surface area is 119 Å². The van der Waals surface area contributed by atoms with E-state index in [0.717, 1.165) is 5.69 Å². The smallest absolute Gasteiger partial charge is 0.328 e. The summed E-state index contributed by atoms with van der Waals surface area (Å²) >= 11 is 0. The molecule has 0 amide bonds. The van der Waals surface area contributed by atoms with Gasteiger partial charge in [-0.15, -0.1) is 0 Å². The molecule has 5 N–H and O–H groups in total. The van der Waals surface area contributed by atoms with E-state index in [2.05, 4.69) is 10.6 Å². The number of para-hydroxylation sites is 1. The number of guanidine groups is 1. The second kappa shape index (κ2) is 8.79. The van der Waals surface area contributed by atoms with E-state index in [1.54, 1.807) is 6.92 Å². The third-order valence-electron chi connectivity index (χ3n) is 2.67. The van der Waals surface area contributed by atoms with Gasteiger partial charge in [0.05, 0.1) is 6.61 Å². The highest BCUT2D eigenvalue weighted by atomic mass is 16.5. The number of carbonyl (C=O) groups excluding carboxylic acids is 1. The van der Waals surface area contributed by atoms with Crippen molar-refractivity contribution < 1.29 is 9.53 Å². The number of rotatable bonds is 8. The quantitative estimate of drug-likeness (QED) is 0.248. The fourth-order valence-electron chi connectivity index (χ4n) is 1.76. The standard InChI is InChI=1S/C14H22N4O2/c1-2-20-13(19)12(9-6-10-17-14(15)16)18-11-7-4-3-5-8-11/h3-5,7-8,12,18H,2,6,9-10H2,1H3,(H4,15,16,17)/t12-/m0/s1. The molecule has 0 spiro atoms. The van der Waals surface area contributed by atoms with E-state index in [4.69, 9.17) is 15.9 Å². The van der Waals surface area contributed by atoms with Crippen LogP contribution >= 0.6 is 0 Å².